The highest BCUT2D eigenvalue weighted by Gasteiger charge is 2.12. The Kier molecular flexibility index (Phi) is 3.70. The number of carbonyl (C=O) groups excluding carboxylic acids is 1. The van der Waals surface area contributed by atoms with E-state index in [2.05, 4.69) is 0 Å². The summed E-state index contributed by atoms with van der Waals surface area (Å²) in [5.74, 6) is -0.344. The van der Waals surface area contributed by atoms with Crippen molar-refractivity contribution in [1.29, 1.82) is 0 Å². The van der Waals surface area contributed by atoms with Crippen molar-refractivity contribution in [1.82, 2.24) is 9.13 Å². The summed E-state index contributed by atoms with van der Waals surface area (Å²) in [5, 5.41) is 0. The molecule has 0 aliphatic heterocycles. The van der Waals surface area contributed by atoms with Crippen LogP contribution in [0.1, 0.15) is 28.4 Å². The van der Waals surface area contributed by atoms with Gasteiger partial charge in [0.1, 0.15) is 0 Å². The Hall–Kier alpha value is -2.43. The van der Waals surface area contributed by atoms with Gasteiger partial charge in [0.25, 0.3) is 5.56 Å². The van der Waals surface area contributed by atoms with E-state index >= 15 is 0 Å². The van der Waals surface area contributed by atoms with E-state index in [1.165, 1.54) is 24.7 Å². The quantitative estimate of drug-likeness (QED) is 0.786. The van der Waals surface area contributed by atoms with E-state index in [4.69, 9.17) is 0 Å². The summed E-state index contributed by atoms with van der Waals surface area (Å²) in [7, 11) is 1.38. The lowest BCUT2D eigenvalue weighted by Gasteiger charge is -2.10. The summed E-state index contributed by atoms with van der Waals surface area (Å²) >= 11 is 0. The second-order valence-corrected chi connectivity index (χ2v) is 4.86. The Morgan fingerprint density at radius 2 is 1.95 bits per heavy atom. The largest absolute Gasteiger partial charge is 0.331 e. The van der Waals surface area contributed by atoms with Crippen LogP contribution in [0.2, 0.25) is 0 Å². The van der Waals surface area contributed by atoms with Gasteiger partial charge in [0, 0.05) is 13.2 Å². The van der Waals surface area contributed by atoms with Gasteiger partial charge in [0.05, 0.1) is 12.1 Å². The van der Waals surface area contributed by atoms with Gasteiger partial charge in [-0.25, -0.2) is 4.79 Å². The third-order valence-electron chi connectivity index (χ3n) is 3.17. The molecule has 0 spiro atoms. The first kappa shape index (κ1) is 14.0. The van der Waals surface area contributed by atoms with Crippen LogP contribution in [-0.2, 0) is 13.6 Å². The van der Waals surface area contributed by atoms with E-state index < -0.39 is 11.2 Å². The molecule has 1 heterocycles. The van der Waals surface area contributed by atoms with Gasteiger partial charge in [0.15, 0.2) is 5.78 Å². The van der Waals surface area contributed by atoms with Crippen molar-refractivity contribution < 1.29 is 4.79 Å². The number of aromatic nitrogens is 2. The lowest BCUT2D eigenvalue weighted by atomic mass is 10.1. The molecular formula is C15H16N2O3. The number of aryl methyl sites for hydroxylation is 1. The van der Waals surface area contributed by atoms with E-state index in [9.17, 15) is 14.4 Å². The van der Waals surface area contributed by atoms with Gasteiger partial charge in [-0.2, -0.15) is 0 Å². The summed E-state index contributed by atoms with van der Waals surface area (Å²) in [6.07, 6.45) is 1.34. The molecule has 20 heavy (non-hydrogen) atoms. The Morgan fingerprint density at radius 3 is 2.55 bits per heavy atom. The molecule has 0 saturated heterocycles. The molecule has 0 radical (unpaired) electrons. The smallest absolute Gasteiger partial charge is 0.295 e. The van der Waals surface area contributed by atoms with E-state index in [-0.39, 0.29) is 11.3 Å². The topological polar surface area (TPSA) is 61.1 Å². The van der Waals surface area contributed by atoms with Crippen molar-refractivity contribution in [2.45, 2.75) is 20.4 Å². The molecule has 5 nitrogen and oxygen atoms in total. The van der Waals surface area contributed by atoms with Crippen molar-refractivity contribution in [2.24, 2.45) is 7.05 Å². The third-order valence-corrected chi connectivity index (χ3v) is 3.17. The van der Waals surface area contributed by atoms with Gasteiger partial charge in [-0.05, 0) is 19.4 Å². The fourth-order valence-electron chi connectivity index (χ4n) is 2.09. The molecule has 0 aliphatic rings. The highest BCUT2D eigenvalue weighted by Crippen LogP contribution is 2.05. The molecule has 2 rings (SSSR count). The maximum atomic E-state index is 12.1. The first-order chi connectivity index (χ1) is 9.40. The second-order valence-electron chi connectivity index (χ2n) is 4.86. The molecule has 1 aromatic heterocycles. The maximum Gasteiger partial charge on any atom is 0.331 e. The average molecular weight is 272 g/mol. The number of Topliss-reactive ketones (excluding diaryl/α,β-unsaturated/α-hetero) is 1. The maximum absolute atomic E-state index is 12.1. The van der Waals surface area contributed by atoms with E-state index in [1.54, 1.807) is 0 Å². The van der Waals surface area contributed by atoms with Gasteiger partial charge >= 0.3 is 5.69 Å². The number of hydrogen-bond acceptors (Lipinski definition) is 3. The van der Waals surface area contributed by atoms with Crippen LogP contribution >= 0.6 is 0 Å². The number of rotatable bonds is 3. The first-order valence-corrected chi connectivity index (χ1v) is 6.27. The van der Waals surface area contributed by atoms with Crippen molar-refractivity contribution in [3.05, 3.63) is 68.0 Å². The third kappa shape index (κ3) is 2.61. The molecule has 0 atom stereocenters. The van der Waals surface area contributed by atoms with Crippen LogP contribution in [0.15, 0.2) is 40.1 Å². The van der Waals surface area contributed by atoms with Gasteiger partial charge in [-0.1, -0.05) is 29.8 Å². The number of hydrogen-bond donors (Lipinski definition) is 0. The molecule has 0 fully saturated rings. The van der Waals surface area contributed by atoms with Crippen LogP contribution in [-0.4, -0.2) is 14.9 Å². The van der Waals surface area contributed by atoms with E-state index in [1.807, 2.05) is 31.2 Å². The number of benzene rings is 1. The SMILES string of the molecule is CC(=O)c1cn(Cc2cccc(C)c2)c(=O)n(C)c1=O. The minimum atomic E-state index is -0.553. The summed E-state index contributed by atoms with van der Waals surface area (Å²) in [6.45, 7) is 3.61. The van der Waals surface area contributed by atoms with Crippen LogP contribution in [0.5, 0.6) is 0 Å². The molecule has 104 valence electrons. The summed E-state index contributed by atoms with van der Waals surface area (Å²) < 4.78 is 2.35. The van der Waals surface area contributed by atoms with Crippen LogP contribution in [0.4, 0.5) is 0 Å². The zero-order valence-electron chi connectivity index (χ0n) is 11.7. The predicted molar refractivity (Wildman–Crippen MR) is 76.2 cm³/mol. The molecule has 1 aromatic carbocycles. The van der Waals surface area contributed by atoms with Crippen LogP contribution in [0, 0.1) is 6.92 Å². The number of carbonyl (C=O) groups is 1. The normalized spacial score (nSPS) is 10.6. The Bertz CT molecular complexity index is 784. The van der Waals surface area contributed by atoms with Crippen molar-refractivity contribution in [2.75, 3.05) is 0 Å². The second kappa shape index (κ2) is 5.28. The van der Waals surface area contributed by atoms with Gasteiger partial charge in [-0.3, -0.25) is 18.7 Å². The van der Waals surface area contributed by atoms with Crippen molar-refractivity contribution >= 4 is 5.78 Å². The predicted octanol–water partition coefficient (Wildman–Crippen LogP) is 1.11. The molecule has 2 aromatic rings. The molecule has 0 unspecified atom stereocenters. The minimum Gasteiger partial charge on any atom is -0.295 e. The molecule has 0 aliphatic carbocycles. The zero-order chi connectivity index (χ0) is 14.9. The monoisotopic (exact) mass is 272 g/mol. The minimum absolute atomic E-state index is 0.0275. The average Bonchev–Trinajstić information content (AvgIpc) is 2.39. The molecule has 0 N–H and O–H groups in total. The number of nitrogens with zero attached hydrogens (tertiary/aromatic N) is 2. The molecule has 0 saturated carbocycles. The molecular weight excluding hydrogens is 256 g/mol. The van der Waals surface area contributed by atoms with Crippen LogP contribution in [0.25, 0.3) is 0 Å². The number of ketones is 1. The van der Waals surface area contributed by atoms with Crippen molar-refractivity contribution in [3.63, 3.8) is 0 Å². The molecule has 5 heteroatoms. The Morgan fingerprint density at radius 1 is 1.25 bits per heavy atom. The first-order valence-electron chi connectivity index (χ1n) is 6.27. The molecule has 0 amide bonds. The summed E-state index contributed by atoms with van der Waals surface area (Å²) in [5.41, 5.74) is 1.08. The van der Waals surface area contributed by atoms with E-state index in [0.717, 1.165) is 15.7 Å². The summed E-state index contributed by atoms with van der Waals surface area (Å²) in [4.78, 5) is 35.3. The van der Waals surface area contributed by atoms with Crippen molar-refractivity contribution in [3.8, 4) is 0 Å². The fraction of sp³-hybridized carbons (Fsp3) is 0.267. The lowest BCUT2D eigenvalue weighted by Crippen LogP contribution is -2.40. The Labute approximate surface area is 116 Å². The highest BCUT2D eigenvalue weighted by atomic mass is 16.2. The summed E-state index contributed by atoms with van der Waals surface area (Å²) in [6, 6.07) is 7.74. The lowest BCUT2D eigenvalue weighted by molar-refractivity contribution is 0.101. The molecule has 0 bridgehead atoms. The van der Waals surface area contributed by atoms with Gasteiger partial charge in [0.2, 0.25) is 0 Å². The van der Waals surface area contributed by atoms with Crippen LogP contribution < -0.4 is 11.2 Å². The highest BCUT2D eigenvalue weighted by molar-refractivity contribution is 5.93. The fourth-order valence-corrected chi connectivity index (χ4v) is 2.09. The standard InChI is InChI=1S/C15H16N2O3/c1-10-5-4-6-12(7-10)8-17-9-13(11(2)18)14(19)16(3)15(17)20/h4-7,9H,8H2,1-3H3. The zero-order valence-corrected chi connectivity index (χ0v) is 11.7. The Balaban J connectivity index is 2.55. The van der Waals surface area contributed by atoms with E-state index in [0.29, 0.717) is 6.54 Å². The van der Waals surface area contributed by atoms with Gasteiger partial charge < -0.3 is 0 Å². The van der Waals surface area contributed by atoms with Gasteiger partial charge in [-0.15, -0.1) is 0 Å². The van der Waals surface area contributed by atoms with Crippen LogP contribution in [0.3, 0.4) is 0 Å².